The minimum absolute atomic E-state index is 0.00813. The first-order valence-corrected chi connectivity index (χ1v) is 7.32. The van der Waals surface area contributed by atoms with Crippen LogP contribution in [0.25, 0.3) is 11.0 Å². The van der Waals surface area contributed by atoms with Crippen LogP contribution in [0.5, 0.6) is 0 Å². The van der Waals surface area contributed by atoms with Crippen molar-refractivity contribution < 1.29 is 14.4 Å². The van der Waals surface area contributed by atoms with Gasteiger partial charge in [-0.1, -0.05) is 23.7 Å². The molecule has 112 valence electrons. The maximum atomic E-state index is 12.4. The van der Waals surface area contributed by atoms with Crippen molar-refractivity contribution in [1.82, 2.24) is 10.1 Å². The van der Waals surface area contributed by atoms with E-state index in [1.807, 2.05) is 24.3 Å². The Balaban J connectivity index is 1.68. The molecule has 0 radical (unpaired) electrons. The molecule has 1 heterocycles. The molecule has 1 saturated carbocycles. The number of aliphatic hydroxyl groups is 1. The van der Waals surface area contributed by atoms with Crippen LogP contribution in [0.2, 0.25) is 0 Å². The van der Waals surface area contributed by atoms with Gasteiger partial charge in [0, 0.05) is 24.4 Å². The van der Waals surface area contributed by atoms with Crippen molar-refractivity contribution >= 4 is 16.9 Å². The highest BCUT2D eigenvalue weighted by Crippen LogP contribution is 2.40. The van der Waals surface area contributed by atoms with E-state index >= 15 is 0 Å². The molecule has 5 nitrogen and oxygen atoms in total. The highest BCUT2D eigenvalue weighted by molar-refractivity contribution is 5.86. The predicted octanol–water partition coefficient (Wildman–Crippen LogP) is 1.99. The summed E-state index contributed by atoms with van der Waals surface area (Å²) in [5.41, 5.74) is 1.29. The Bertz CT molecular complexity index is 640. The first-order chi connectivity index (χ1) is 10.1. The number of rotatable bonds is 5. The quantitative estimate of drug-likeness (QED) is 0.913. The number of hydrogen-bond acceptors (Lipinski definition) is 4. The van der Waals surface area contributed by atoms with Crippen molar-refractivity contribution in [2.45, 2.75) is 25.7 Å². The van der Waals surface area contributed by atoms with Crippen molar-refractivity contribution in [2.75, 3.05) is 20.2 Å². The number of fused-ring (bicyclic) bond motifs is 1. The number of nitrogens with zero attached hydrogens (tertiary/aromatic N) is 2. The molecule has 0 spiro atoms. The van der Waals surface area contributed by atoms with E-state index in [1.54, 1.807) is 11.9 Å². The molecule has 1 aromatic heterocycles. The predicted molar refractivity (Wildman–Crippen MR) is 78.7 cm³/mol. The molecule has 0 saturated heterocycles. The minimum Gasteiger partial charge on any atom is -0.396 e. The topological polar surface area (TPSA) is 66.6 Å². The smallest absolute Gasteiger partial charge is 0.228 e. The third-order valence-electron chi connectivity index (χ3n) is 4.52. The van der Waals surface area contributed by atoms with Crippen LogP contribution in [-0.4, -0.2) is 41.3 Å². The Hall–Kier alpha value is -1.88. The van der Waals surface area contributed by atoms with Gasteiger partial charge < -0.3 is 14.5 Å². The second-order valence-corrected chi connectivity index (χ2v) is 6.06. The van der Waals surface area contributed by atoms with Crippen molar-refractivity contribution in [2.24, 2.45) is 5.41 Å². The van der Waals surface area contributed by atoms with Crippen molar-refractivity contribution in [3.05, 3.63) is 30.0 Å². The zero-order chi connectivity index (χ0) is 14.9. The Morgan fingerprint density at radius 2 is 2.19 bits per heavy atom. The molecule has 0 aliphatic heterocycles. The SMILES string of the molecule is CN(CC1(CO)CCC1)C(=O)Cc1noc2ccccc12. The lowest BCUT2D eigenvalue weighted by Gasteiger charge is -2.42. The molecule has 1 aliphatic carbocycles. The fraction of sp³-hybridized carbons (Fsp3) is 0.500. The summed E-state index contributed by atoms with van der Waals surface area (Å²) in [5, 5.41) is 14.4. The molecule has 3 rings (SSSR count). The number of para-hydroxylation sites is 1. The Labute approximate surface area is 123 Å². The lowest BCUT2D eigenvalue weighted by atomic mass is 9.69. The molecule has 1 N–H and O–H groups in total. The van der Waals surface area contributed by atoms with E-state index in [-0.39, 0.29) is 24.3 Å². The average molecular weight is 288 g/mol. The number of aliphatic hydroxyl groups excluding tert-OH is 1. The summed E-state index contributed by atoms with van der Waals surface area (Å²) >= 11 is 0. The summed E-state index contributed by atoms with van der Waals surface area (Å²) < 4.78 is 5.22. The highest BCUT2D eigenvalue weighted by atomic mass is 16.5. The molecular weight excluding hydrogens is 268 g/mol. The van der Waals surface area contributed by atoms with Crippen molar-refractivity contribution in [3.63, 3.8) is 0 Å². The first kappa shape index (κ1) is 14.1. The van der Waals surface area contributed by atoms with Gasteiger partial charge in [0.1, 0.15) is 5.69 Å². The van der Waals surface area contributed by atoms with Crippen LogP contribution in [0.15, 0.2) is 28.8 Å². The normalized spacial score (nSPS) is 16.7. The van der Waals surface area contributed by atoms with E-state index in [1.165, 1.54) is 0 Å². The van der Waals surface area contributed by atoms with Gasteiger partial charge in [-0.3, -0.25) is 4.79 Å². The number of carbonyl (C=O) groups is 1. The molecule has 0 unspecified atom stereocenters. The highest BCUT2D eigenvalue weighted by Gasteiger charge is 2.38. The Kier molecular flexibility index (Phi) is 3.68. The van der Waals surface area contributed by atoms with Crippen molar-refractivity contribution in [3.8, 4) is 0 Å². The molecule has 1 amide bonds. The lowest BCUT2D eigenvalue weighted by Crippen LogP contribution is -2.45. The number of benzene rings is 1. The zero-order valence-electron chi connectivity index (χ0n) is 12.2. The summed E-state index contributed by atoms with van der Waals surface area (Å²) in [5.74, 6) is 0.00813. The van der Waals surface area contributed by atoms with Gasteiger partial charge in [-0.15, -0.1) is 0 Å². The summed E-state index contributed by atoms with van der Waals surface area (Å²) in [4.78, 5) is 14.1. The van der Waals surface area contributed by atoms with Gasteiger partial charge in [-0.05, 0) is 25.0 Å². The number of likely N-dealkylation sites (N-methyl/N-ethyl adjacent to an activating group) is 1. The van der Waals surface area contributed by atoms with Crippen LogP contribution >= 0.6 is 0 Å². The van der Waals surface area contributed by atoms with Gasteiger partial charge in [-0.2, -0.15) is 0 Å². The van der Waals surface area contributed by atoms with Gasteiger partial charge in [0.25, 0.3) is 0 Å². The Morgan fingerprint density at radius 1 is 1.43 bits per heavy atom. The summed E-state index contributed by atoms with van der Waals surface area (Å²) in [7, 11) is 1.79. The van der Waals surface area contributed by atoms with Crippen LogP contribution in [0.3, 0.4) is 0 Å². The first-order valence-electron chi connectivity index (χ1n) is 7.32. The summed E-state index contributed by atoms with van der Waals surface area (Å²) in [6, 6.07) is 7.55. The van der Waals surface area contributed by atoms with Gasteiger partial charge >= 0.3 is 0 Å². The van der Waals surface area contributed by atoms with Crippen LogP contribution in [0.1, 0.15) is 25.0 Å². The van der Waals surface area contributed by atoms with E-state index in [0.717, 1.165) is 24.6 Å². The molecule has 5 heteroatoms. The second-order valence-electron chi connectivity index (χ2n) is 6.06. The maximum absolute atomic E-state index is 12.4. The lowest BCUT2D eigenvalue weighted by molar-refractivity contribution is -0.132. The molecule has 1 aliphatic rings. The minimum atomic E-state index is -0.0870. The van der Waals surface area contributed by atoms with E-state index in [9.17, 15) is 9.90 Å². The van der Waals surface area contributed by atoms with E-state index in [2.05, 4.69) is 5.16 Å². The molecule has 0 atom stereocenters. The van der Waals surface area contributed by atoms with E-state index < -0.39 is 0 Å². The standard InChI is InChI=1S/C16H20N2O3/c1-18(10-16(11-19)7-4-8-16)15(20)9-13-12-5-2-3-6-14(12)21-17-13/h2-3,5-6,19H,4,7-11H2,1H3. The van der Waals surface area contributed by atoms with Gasteiger partial charge in [0.2, 0.25) is 5.91 Å². The molecule has 0 bridgehead atoms. The monoisotopic (exact) mass is 288 g/mol. The van der Waals surface area contributed by atoms with Crippen LogP contribution in [0, 0.1) is 5.41 Å². The molecule has 2 aromatic rings. The summed E-state index contributed by atoms with van der Waals surface area (Å²) in [6.07, 6.45) is 3.35. The van der Waals surface area contributed by atoms with Crippen molar-refractivity contribution in [1.29, 1.82) is 0 Å². The number of hydrogen-bond donors (Lipinski definition) is 1. The molecule has 1 aromatic carbocycles. The van der Waals surface area contributed by atoms with Gasteiger partial charge in [0.05, 0.1) is 13.0 Å². The third-order valence-corrected chi connectivity index (χ3v) is 4.52. The molecular formula is C16H20N2O3. The number of amides is 1. The van der Waals surface area contributed by atoms with E-state index in [0.29, 0.717) is 17.8 Å². The van der Waals surface area contributed by atoms with Gasteiger partial charge in [0.15, 0.2) is 5.58 Å². The Morgan fingerprint density at radius 3 is 2.86 bits per heavy atom. The number of aromatic nitrogens is 1. The molecule has 21 heavy (non-hydrogen) atoms. The zero-order valence-corrected chi connectivity index (χ0v) is 12.2. The van der Waals surface area contributed by atoms with Gasteiger partial charge in [-0.25, -0.2) is 0 Å². The average Bonchev–Trinajstić information content (AvgIpc) is 2.86. The van der Waals surface area contributed by atoms with Crippen LogP contribution < -0.4 is 0 Å². The summed E-state index contributed by atoms with van der Waals surface area (Å²) in [6.45, 7) is 0.760. The van der Waals surface area contributed by atoms with Crippen LogP contribution in [0.4, 0.5) is 0 Å². The van der Waals surface area contributed by atoms with Crippen LogP contribution in [-0.2, 0) is 11.2 Å². The fourth-order valence-electron chi connectivity index (χ4n) is 2.98. The largest absolute Gasteiger partial charge is 0.396 e. The third kappa shape index (κ3) is 2.65. The number of carbonyl (C=O) groups excluding carboxylic acids is 1. The van der Waals surface area contributed by atoms with E-state index in [4.69, 9.17) is 4.52 Å². The fourth-order valence-corrected chi connectivity index (χ4v) is 2.98. The maximum Gasteiger partial charge on any atom is 0.228 e. The second kappa shape index (κ2) is 5.48. The molecule has 1 fully saturated rings.